The van der Waals surface area contributed by atoms with Gasteiger partial charge in [0.05, 0.1) is 27.2 Å². The van der Waals surface area contributed by atoms with E-state index in [1.165, 1.54) is 16.1 Å². The molecule has 7 nitrogen and oxygen atoms in total. The summed E-state index contributed by atoms with van der Waals surface area (Å²) in [4.78, 5) is 24.8. The van der Waals surface area contributed by atoms with Crippen LogP contribution in [0.5, 0.6) is 11.5 Å². The lowest BCUT2D eigenvalue weighted by molar-refractivity contribution is -0.155. The summed E-state index contributed by atoms with van der Waals surface area (Å²) in [6.07, 6.45) is 4.16. The van der Waals surface area contributed by atoms with Crippen molar-refractivity contribution in [3.63, 3.8) is 0 Å². The molecule has 0 atom stereocenters. The fourth-order valence-corrected chi connectivity index (χ4v) is 2.75. The number of hydrazine groups is 1. The number of carbonyl (C=O) groups is 2. The number of carbonyl (C=O) groups excluding carboxylic acids is 2. The summed E-state index contributed by atoms with van der Waals surface area (Å²) in [5.74, 6) is 0.974. The lowest BCUT2D eigenvalue weighted by Crippen LogP contribution is -2.44. The SMILES string of the molecule is CCOCCC(=O)N1CCCN1C(=O)C=Cc1cc(OC)ccc1OC. The molecule has 0 aromatic heterocycles. The van der Waals surface area contributed by atoms with Crippen molar-refractivity contribution in [1.82, 2.24) is 10.0 Å². The summed E-state index contributed by atoms with van der Waals surface area (Å²) >= 11 is 0. The molecular weight excluding hydrogens is 336 g/mol. The van der Waals surface area contributed by atoms with Gasteiger partial charge in [-0.15, -0.1) is 0 Å². The van der Waals surface area contributed by atoms with Crippen LogP contribution in [-0.4, -0.2) is 62.4 Å². The van der Waals surface area contributed by atoms with Gasteiger partial charge in [-0.3, -0.25) is 14.6 Å². The monoisotopic (exact) mass is 362 g/mol. The number of hydrogen-bond donors (Lipinski definition) is 0. The zero-order valence-corrected chi connectivity index (χ0v) is 15.6. The normalized spacial score (nSPS) is 14.1. The van der Waals surface area contributed by atoms with Crippen LogP contribution >= 0.6 is 0 Å². The quantitative estimate of drug-likeness (QED) is 0.523. The Hall–Kier alpha value is -2.54. The number of rotatable bonds is 8. The first kappa shape index (κ1) is 19.8. The van der Waals surface area contributed by atoms with Crippen LogP contribution in [0, 0.1) is 0 Å². The topological polar surface area (TPSA) is 68.3 Å². The minimum absolute atomic E-state index is 0.100. The Bertz CT molecular complexity index is 659. The lowest BCUT2D eigenvalue weighted by atomic mass is 10.1. The van der Waals surface area contributed by atoms with Gasteiger partial charge in [-0.05, 0) is 37.6 Å². The summed E-state index contributed by atoms with van der Waals surface area (Å²) in [6, 6.07) is 5.36. The molecule has 2 amide bonds. The Morgan fingerprint density at radius 2 is 1.92 bits per heavy atom. The molecule has 0 unspecified atom stereocenters. The molecule has 0 N–H and O–H groups in total. The minimum atomic E-state index is -0.239. The highest BCUT2D eigenvalue weighted by molar-refractivity contribution is 5.93. The van der Waals surface area contributed by atoms with Crippen molar-refractivity contribution in [1.29, 1.82) is 0 Å². The first-order chi connectivity index (χ1) is 12.6. The van der Waals surface area contributed by atoms with Crippen molar-refractivity contribution < 1.29 is 23.8 Å². The second kappa shape index (κ2) is 9.82. The smallest absolute Gasteiger partial charge is 0.265 e. The predicted molar refractivity (Wildman–Crippen MR) is 97.7 cm³/mol. The fourth-order valence-electron chi connectivity index (χ4n) is 2.75. The van der Waals surface area contributed by atoms with Gasteiger partial charge in [-0.2, -0.15) is 0 Å². The van der Waals surface area contributed by atoms with E-state index in [1.807, 2.05) is 6.92 Å². The van der Waals surface area contributed by atoms with Gasteiger partial charge < -0.3 is 14.2 Å². The van der Waals surface area contributed by atoms with E-state index in [2.05, 4.69) is 0 Å². The van der Waals surface area contributed by atoms with Gasteiger partial charge in [-0.1, -0.05) is 0 Å². The van der Waals surface area contributed by atoms with E-state index in [0.717, 1.165) is 12.0 Å². The highest BCUT2D eigenvalue weighted by Crippen LogP contribution is 2.25. The number of ether oxygens (including phenoxy) is 3. The molecule has 1 aliphatic rings. The third-order valence-corrected chi connectivity index (χ3v) is 4.08. The highest BCUT2D eigenvalue weighted by Gasteiger charge is 2.29. The number of nitrogens with zero attached hydrogens (tertiary/aromatic N) is 2. The molecule has 1 aliphatic heterocycles. The summed E-state index contributed by atoms with van der Waals surface area (Å²) in [6.45, 7) is 3.89. The summed E-state index contributed by atoms with van der Waals surface area (Å²) in [7, 11) is 3.15. The Balaban J connectivity index is 2.06. The van der Waals surface area contributed by atoms with Gasteiger partial charge in [0.2, 0.25) is 5.91 Å². The van der Waals surface area contributed by atoms with Crippen molar-refractivity contribution in [2.24, 2.45) is 0 Å². The molecule has 0 radical (unpaired) electrons. The summed E-state index contributed by atoms with van der Waals surface area (Å²) in [5, 5.41) is 2.99. The molecule has 1 fully saturated rings. The van der Waals surface area contributed by atoms with Crippen molar-refractivity contribution in [3.05, 3.63) is 29.8 Å². The van der Waals surface area contributed by atoms with Crippen LogP contribution < -0.4 is 9.47 Å². The van der Waals surface area contributed by atoms with E-state index in [1.54, 1.807) is 38.5 Å². The molecule has 1 saturated heterocycles. The Kier molecular flexibility index (Phi) is 7.47. The van der Waals surface area contributed by atoms with Crippen LogP contribution in [-0.2, 0) is 14.3 Å². The standard InChI is InChI=1S/C19H26N2O5/c1-4-26-13-10-19(23)21-12-5-11-20(21)18(22)9-6-15-14-16(24-2)7-8-17(15)25-3/h6-9,14H,4-5,10-13H2,1-3H3. The number of methoxy groups -OCH3 is 2. The number of benzene rings is 1. The molecule has 0 saturated carbocycles. The molecule has 0 bridgehead atoms. The van der Waals surface area contributed by atoms with Crippen LogP contribution in [0.25, 0.3) is 6.08 Å². The first-order valence-electron chi connectivity index (χ1n) is 8.70. The maximum atomic E-state index is 12.6. The lowest BCUT2D eigenvalue weighted by Gasteiger charge is -2.27. The van der Waals surface area contributed by atoms with E-state index in [-0.39, 0.29) is 18.2 Å². The maximum absolute atomic E-state index is 12.6. The van der Waals surface area contributed by atoms with Crippen LogP contribution in [0.15, 0.2) is 24.3 Å². The zero-order chi connectivity index (χ0) is 18.9. The van der Waals surface area contributed by atoms with Gasteiger partial charge in [-0.25, -0.2) is 5.01 Å². The zero-order valence-electron chi connectivity index (χ0n) is 15.6. The average Bonchev–Trinajstić information content (AvgIpc) is 3.16. The summed E-state index contributed by atoms with van der Waals surface area (Å²) in [5.41, 5.74) is 0.730. The van der Waals surface area contributed by atoms with Gasteiger partial charge >= 0.3 is 0 Å². The average molecular weight is 362 g/mol. The van der Waals surface area contributed by atoms with Crippen molar-refractivity contribution in [3.8, 4) is 11.5 Å². The second-order valence-corrected chi connectivity index (χ2v) is 5.72. The second-order valence-electron chi connectivity index (χ2n) is 5.72. The van der Waals surface area contributed by atoms with Crippen molar-refractivity contribution >= 4 is 17.9 Å². The molecule has 7 heteroatoms. The van der Waals surface area contributed by atoms with E-state index in [9.17, 15) is 9.59 Å². The Morgan fingerprint density at radius 1 is 1.15 bits per heavy atom. The highest BCUT2D eigenvalue weighted by atomic mass is 16.5. The third kappa shape index (κ3) is 4.98. The van der Waals surface area contributed by atoms with E-state index < -0.39 is 0 Å². The van der Waals surface area contributed by atoms with Gasteiger partial charge in [0.25, 0.3) is 5.91 Å². The molecule has 0 aliphatic carbocycles. The van der Waals surface area contributed by atoms with E-state index in [0.29, 0.717) is 37.8 Å². The fraction of sp³-hybridized carbons (Fsp3) is 0.474. The van der Waals surface area contributed by atoms with Crippen molar-refractivity contribution in [2.75, 3.05) is 40.5 Å². The van der Waals surface area contributed by atoms with Gasteiger partial charge in [0.1, 0.15) is 11.5 Å². The first-order valence-corrected chi connectivity index (χ1v) is 8.70. The summed E-state index contributed by atoms with van der Waals surface area (Å²) < 4.78 is 15.7. The van der Waals surface area contributed by atoms with Crippen LogP contribution in [0.4, 0.5) is 0 Å². The van der Waals surface area contributed by atoms with Crippen molar-refractivity contribution in [2.45, 2.75) is 19.8 Å². The van der Waals surface area contributed by atoms with Crippen LogP contribution in [0.2, 0.25) is 0 Å². The molecule has 142 valence electrons. The molecule has 2 rings (SSSR count). The van der Waals surface area contributed by atoms with E-state index >= 15 is 0 Å². The maximum Gasteiger partial charge on any atom is 0.265 e. The molecule has 1 aromatic rings. The van der Waals surface area contributed by atoms with E-state index in [4.69, 9.17) is 14.2 Å². The Morgan fingerprint density at radius 3 is 2.62 bits per heavy atom. The van der Waals surface area contributed by atoms with Gasteiger partial charge in [0.15, 0.2) is 0 Å². The Labute approximate surface area is 154 Å². The molecule has 1 aromatic carbocycles. The van der Waals surface area contributed by atoms with Crippen LogP contribution in [0.3, 0.4) is 0 Å². The molecule has 26 heavy (non-hydrogen) atoms. The largest absolute Gasteiger partial charge is 0.497 e. The van der Waals surface area contributed by atoms with Crippen LogP contribution in [0.1, 0.15) is 25.3 Å². The van der Waals surface area contributed by atoms with Gasteiger partial charge in [0, 0.05) is 31.3 Å². The number of amides is 2. The molecular formula is C19H26N2O5. The third-order valence-electron chi connectivity index (χ3n) is 4.08. The molecule has 0 spiro atoms. The number of hydrogen-bond acceptors (Lipinski definition) is 5. The minimum Gasteiger partial charge on any atom is -0.497 e. The predicted octanol–water partition coefficient (Wildman–Crippen LogP) is 2.12. The molecule has 1 heterocycles.